The normalized spacial score (nSPS) is 10.8. The second-order valence-electron chi connectivity index (χ2n) is 3.71. The zero-order valence-corrected chi connectivity index (χ0v) is 9.99. The lowest BCUT2D eigenvalue weighted by atomic mass is 10.2. The van der Waals surface area contributed by atoms with Crippen LogP contribution in [0, 0.1) is 13.8 Å². The summed E-state index contributed by atoms with van der Waals surface area (Å²) in [5.74, 6) is 0. The first kappa shape index (κ1) is 11.2. The molecule has 0 radical (unpaired) electrons. The molecule has 4 heteroatoms. The molecule has 0 spiro atoms. The van der Waals surface area contributed by atoms with Gasteiger partial charge in [0.15, 0.2) is 0 Å². The van der Waals surface area contributed by atoms with Gasteiger partial charge < -0.3 is 5.11 Å². The van der Waals surface area contributed by atoms with Gasteiger partial charge in [-0.2, -0.15) is 5.10 Å². The molecule has 1 aromatic carbocycles. The number of aryl methyl sites for hydroxylation is 2. The lowest BCUT2D eigenvalue weighted by Gasteiger charge is -2.06. The maximum Gasteiger partial charge on any atom is 0.138 e. The fourth-order valence-corrected chi connectivity index (χ4v) is 2.00. The third-order valence-corrected chi connectivity index (χ3v) is 3.01. The van der Waals surface area contributed by atoms with Gasteiger partial charge in [-0.3, -0.25) is 0 Å². The largest absolute Gasteiger partial charge is 0.391 e. The lowest BCUT2D eigenvalue weighted by molar-refractivity contribution is 0.281. The molecule has 16 heavy (non-hydrogen) atoms. The molecule has 0 atom stereocenters. The second-order valence-corrected chi connectivity index (χ2v) is 4.07. The smallest absolute Gasteiger partial charge is 0.138 e. The molecule has 0 fully saturated rings. The number of hydrogen-bond acceptors (Lipinski definition) is 2. The summed E-state index contributed by atoms with van der Waals surface area (Å²) in [5.41, 5.74) is 3.48. The minimum Gasteiger partial charge on any atom is -0.391 e. The van der Waals surface area contributed by atoms with Crippen LogP contribution in [0.5, 0.6) is 0 Å². The van der Waals surface area contributed by atoms with Crippen molar-refractivity contribution in [3.05, 3.63) is 46.2 Å². The maximum atomic E-state index is 9.19. The molecule has 2 rings (SSSR count). The van der Waals surface area contributed by atoms with Crippen LogP contribution in [0.2, 0.25) is 5.15 Å². The van der Waals surface area contributed by atoms with Crippen molar-refractivity contribution >= 4 is 11.6 Å². The Morgan fingerprint density at radius 3 is 2.56 bits per heavy atom. The van der Waals surface area contributed by atoms with E-state index in [2.05, 4.69) is 5.10 Å². The molecular formula is C12H13ClN2O. The van der Waals surface area contributed by atoms with Gasteiger partial charge in [0, 0.05) is 5.56 Å². The summed E-state index contributed by atoms with van der Waals surface area (Å²) in [7, 11) is 0. The predicted octanol–water partition coefficient (Wildman–Crippen LogP) is 2.63. The van der Waals surface area contributed by atoms with Gasteiger partial charge >= 0.3 is 0 Å². The highest BCUT2D eigenvalue weighted by Crippen LogP contribution is 2.24. The number of nitrogens with zero attached hydrogens (tertiary/aromatic N) is 2. The number of para-hydroxylation sites is 1. The molecule has 84 valence electrons. The van der Waals surface area contributed by atoms with E-state index in [1.54, 1.807) is 4.68 Å². The van der Waals surface area contributed by atoms with E-state index in [1.165, 1.54) is 0 Å². The van der Waals surface area contributed by atoms with Crippen LogP contribution in [0.25, 0.3) is 5.69 Å². The molecule has 0 amide bonds. The highest BCUT2D eigenvalue weighted by molar-refractivity contribution is 6.30. The van der Waals surface area contributed by atoms with Crippen molar-refractivity contribution in [3.63, 3.8) is 0 Å². The standard InChI is InChI=1S/C12H13ClN2O/c1-8-5-3-4-6-11(8)15-12(13)10(7-16)9(2)14-15/h3-6,16H,7H2,1-2H3. The van der Waals surface area contributed by atoms with Crippen molar-refractivity contribution in [3.8, 4) is 5.69 Å². The van der Waals surface area contributed by atoms with Crippen molar-refractivity contribution in [2.45, 2.75) is 20.5 Å². The molecule has 1 aromatic heterocycles. The minimum absolute atomic E-state index is 0.0868. The first-order valence-electron chi connectivity index (χ1n) is 5.06. The summed E-state index contributed by atoms with van der Waals surface area (Å²) >= 11 is 6.18. The Kier molecular flexibility index (Phi) is 2.99. The zero-order chi connectivity index (χ0) is 11.7. The Morgan fingerprint density at radius 1 is 1.31 bits per heavy atom. The van der Waals surface area contributed by atoms with Gasteiger partial charge in [-0.15, -0.1) is 0 Å². The quantitative estimate of drug-likeness (QED) is 0.871. The molecule has 0 bridgehead atoms. The molecule has 0 saturated carbocycles. The summed E-state index contributed by atoms with van der Waals surface area (Å²) in [5, 5.41) is 14.0. The average molecular weight is 237 g/mol. The number of hydrogen-bond donors (Lipinski definition) is 1. The van der Waals surface area contributed by atoms with E-state index < -0.39 is 0 Å². The molecule has 1 N–H and O–H groups in total. The monoisotopic (exact) mass is 236 g/mol. The Hall–Kier alpha value is -1.32. The molecular weight excluding hydrogens is 224 g/mol. The van der Waals surface area contributed by atoms with Crippen LogP contribution < -0.4 is 0 Å². The summed E-state index contributed by atoms with van der Waals surface area (Å²) in [6, 6.07) is 7.86. The fourth-order valence-electron chi connectivity index (χ4n) is 1.67. The Morgan fingerprint density at radius 2 is 2.00 bits per heavy atom. The number of rotatable bonds is 2. The fraction of sp³-hybridized carbons (Fsp3) is 0.250. The van der Waals surface area contributed by atoms with Crippen LogP contribution in [0.15, 0.2) is 24.3 Å². The van der Waals surface area contributed by atoms with Gasteiger partial charge in [0.2, 0.25) is 0 Å². The van der Waals surface area contributed by atoms with Crippen LogP contribution in [0.3, 0.4) is 0 Å². The molecule has 0 aliphatic heterocycles. The number of aromatic nitrogens is 2. The van der Waals surface area contributed by atoms with Gasteiger partial charge in [-0.05, 0) is 25.5 Å². The first-order chi connectivity index (χ1) is 7.65. The van der Waals surface area contributed by atoms with Gasteiger partial charge in [0.05, 0.1) is 18.0 Å². The minimum atomic E-state index is -0.0868. The van der Waals surface area contributed by atoms with E-state index in [9.17, 15) is 5.11 Å². The molecule has 2 aromatic rings. The van der Waals surface area contributed by atoms with E-state index in [-0.39, 0.29) is 6.61 Å². The highest BCUT2D eigenvalue weighted by atomic mass is 35.5. The number of benzene rings is 1. The van der Waals surface area contributed by atoms with Gasteiger partial charge in [-0.1, -0.05) is 29.8 Å². The van der Waals surface area contributed by atoms with Crippen molar-refractivity contribution in [1.29, 1.82) is 0 Å². The molecule has 0 unspecified atom stereocenters. The molecule has 3 nitrogen and oxygen atoms in total. The number of aliphatic hydroxyl groups is 1. The van der Waals surface area contributed by atoms with Gasteiger partial charge in [0.1, 0.15) is 5.15 Å². The van der Waals surface area contributed by atoms with Crippen molar-refractivity contribution in [2.24, 2.45) is 0 Å². The second kappa shape index (κ2) is 4.28. The lowest BCUT2D eigenvalue weighted by Crippen LogP contribution is -1.99. The van der Waals surface area contributed by atoms with E-state index in [0.29, 0.717) is 10.7 Å². The van der Waals surface area contributed by atoms with Gasteiger partial charge in [0.25, 0.3) is 0 Å². The van der Waals surface area contributed by atoms with E-state index in [0.717, 1.165) is 16.9 Å². The van der Waals surface area contributed by atoms with E-state index in [1.807, 2.05) is 38.1 Å². The predicted molar refractivity (Wildman–Crippen MR) is 64.0 cm³/mol. The van der Waals surface area contributed by atoms with Gasteiger partial charge in [-0.25, -0.2) is 4.68 Å². The number of aliphatic hydroxyl groups excluding tert-OH is 1. The van der Waals surface area contributed by atoms with Crippen LogP contribution in [-0.2, 0) is 6.61 Å². The molecule has 1 heterocycles. The third-order valence-electron chi connectivity index (χ3n) is 2.62. The maximum absolute atomic E-state index is 9.19. The van der Waals surface area contributed by atoms with Crippen molar-refractivity contribution in [1.82, 2.24) is 9.78 Å². The molecule has 0 saturated heterocycles. The highest BCUT2D eigenvalue weighted by Gasteiger charge is 2.14. The Labute approximate surface area is 99.3 Å². The summed E-state index contributed by atoms with van der Waals surface area (Å²) < 4.78 is 1.66. The molecule has 0 aliphatic carbocycles. The summed E-state index contributed by atoms with van der Waals surface area (Å²) in [6.45, 7) is 3.75. The van der Waals surface area contributed by atoms with Crippen LogP contribution >= 0.6 is 11.6 Å². The number of halogens is 1. The van der Waals surface area contributed by atoms with E-state index in [4.69, 9.17) is 11.6 Å². The Balaban J connectivity index is 2.62. The SMILES string of the molecule is Cc1ccccc1-n1nc(C)c(CO)c1Cl. The first-order valence-corrected chi connectivity index (χ1v) is 5.43. The van der Waals surface area contributed by atoms with Crippen molar-refractivity contribution < 1.29 is 5.11 Å². The van der Waals surface area contributed by atoms with E-state index >= 15 is 0 Å². The third kappa shape index (κ3) is 1.72. The van der Waals surface area contributed by atoms with Crippen LogP contribution in [-0.4, -0.2) is 14.9 Å². The van der Waals surface area contributed by atoms with Crippen molar-refractivity contribution in [2.75, 3.05) is 0 Å². The Bertz CT molecular complexity index is 520. The zero-order valence-electron chi connectivity index (χ0n) is 9.24. The summed E-state index contributed by atoms with van der Waals surface area (Å²) in [4.78, 5) is 0. The average Bonchev–Trinajstić information content (AvgIpc) is 2.55. The topological polar surface area (TPSA) is 38.0 Å². The molecule has 0 aliphatic rings. The van der Waals surface area contributed by atoms with Crippen LogP contribution in [0.1, 0.15) is 16.8 Å². The van der Waals surface area contributed by atoms with Crippen LogP contribution in [0.4, 0.5) is 0 Å². The summed E-state index contributed by atoms with van der Waals surface area (Å²) in [6.07, 6.45) is 0.